The van der Waals surface area contributed by atoms with Gasteiger partial charge >= 0.3 is 0 Å². The first-order valence-corrected chi connectivity index (χ1v) is 8.61. The van der Waals surface area contributed by atoms with Crippen molar-refractivity contribution in [3.8, 4) is 0 Å². The summed E-state index contributed by atoms with van der Waals surface area (Å²) < 4.78 is 3.95. The molecule has 0 fully saturated rings. The third-order valence-electron chi connectivity index (χ3n) is 5.14. The third kappa shape index (κ3) is 2.83. The summed E-state index contributed by atoms with van der Waals surface area (Å²) in [5.41, 5.74) is 3.24. The van der Waals surface area contributed by atoms with Gasteiger partial charge in [-0.1, -0.05) is 6.92 Å². The molecule has 0 saturated carbocycles. The molecule has 0 aliphatic carbocycles. The largest absolute Gasteiger partial charge is 0.349 e. The zero-order valence-corrected chi connectivity index (χ0v) is 15.1. The fourth-order valence-corrected chi connectivity index (χ4v) is 3.64. The summed E-state index contributed by atoms with van der Waals surface area (Å²) in [6, 6.07) is 0.00889. The van der Waals surface area contributed by atoms with E-state index >= 15 is 0 Å². The molecule has 0 saturated heterocycles. The van der Waals surface area contributed by atoms with Crippen LogP contribution in [0.2, 0.25) is 0 Å². The van der Waals surface area contributed by atoms with Gasteiger partial charge in [0.2, 0.25) is 5.91 Å². The Morgan fingerprint density at radius 3 is 2.71 bits per heavy atom. The van der Waals surface area contributed by atoms with Crippen LogP contribution in [0.5, 0.6) is 0 Å². The third-order valence-corrected chi connectivity index (χ3v) is 5.14. The molecule has 24 heavy (non-hydrogen) atoms. The lowest BCUT2D eigenvalue weighted by Gasteiger charge is -2.26. The van der Waals surface area contributed by atoms with Crippen LogP contribution in [0, 0.1) is 26.7 Å². The van der Waals surface area contributed by atoms with Gasteiger partial charge in [-0.3, -0.25) is 9.48 Å². The number of amides is 1. The molecular weight excluding hydrogens is 304 g/mol. The maximum absolute atomic E-state index is 12.8. The number of nitrogens with zero attached hydrogens (tertiary/aromatic N) is 5. The number of rotatable bonds is 4. The summed E-state index contributed by atoms with van der Waals surface area (Å²) in [5.74, 6) is 1.96. The second kappa shape index (κ2) is 6.37. The first kappa shape index (κ1) is 16.7. The van der Waals surface area contributed by atoms with Crippen molar-refractivity contribution in [2.45, 2.75) is 59.5 Å². The number of carbonyl (C=O) groups excluding carboxylic acids is 1. The number of hydrogen-bond acceptors (Lipinski definition) is 4. The Morgan fingerprint density at radius 1 is 1.33 bits per heavy atom. The predicted molar refractivity (Wildman–Crippen MR) is 90.4 cm³/mol. The van der Waals surface area contributed by atoms with E-state index in [1.807, 2.05) is 25.6 Å². The summed E-state index contributed by atoms with van der Waals surface area (Å²) in [6.45, 7) is 8.76. The minimum absolute atomic E-state index is 0.00889. The zero-order valence-electron chi connectivity index (χ0n) is 15.1. The van der Waals surface area contributed by atoms with E-state index in [0.29, 0.717) is 6.54 Å². The highest BCUT2D eigenvalue weighted by molar-refractivity contribution is 5.79. The van der Waals surface area contributed by atoms with Crippen LogP contribution in [0.25, 0.3) is 0 Å². The Hall–Kier alpha value is -2.18. The van der Waals surface area contributed by atoms with E-state index in [-0.39, 0.29) is 17.9 Å². The molecule has 1 amide bonds. The van der Waals surface area contributed by atoms with E-state index in [0.717, 1.165) is 47.9 Å². The lowest BCUT2D eigenvalue weighted by Crippen LogP contribution is -2.38. The van der Waals surface area contributed by atoms with Crippen LogP contribution >= 0.6 is 0 Å². The number of nitrogens with one attached hydrogen (secondary N) is 1. The summed E-state index contributed by atoms with van der Waals surface area (Å²) in [7, 11) is 1.94. The second-order valence-corrected chi connectivity index (χ2v) is 6.69. The quantitative estimate of drug-likeness (QED) is 0.927. The normalized spacial score (nSPS) is 18.3. The molecule has 0 bridgehead atoms. The molecule has 0 radical (unpaired) electrons. The van der Waals surface area contributed by atoms with Gasteiger partial charge in [0.05, 0.1) is 17.7 Å². The number of hydrogen-bond donors (Lipinski definition) is 1. The summed E-state index contributed by atoms with van der Waals surface area (Å²) in [5, 5.41) is 16.0. The van der Waals surface area contributed by atoms with Crippen LogP contribution in [-0.2, 0) is 24.8 Å². The van der Waals surface area contributed by atoms with E-state index in [1.54, 1.807) is 0 Å². The van der Waals surface area contributed by atoms with Gasteiger partial charge < -0.3 is 9.88 Å². The van der Waals surface area contributed by atoms with Gasteiger partial charge in [0.1, 0.15) is 11.6 Å². The van der Waals surface area contributed by atoms with E-state index in [4.69, 9.17) is 0 Å². The van der Waals surface area contributed by atoms with Crippen molar-refractivity contribution >= 4 is 5.91 Å². The summed E-state index contributed by atoms with van der Waals surface area (Å²) >= 11 is 0. The highest BCUT2D eigenvalue weighted by atomic mass is 16.2. The molecule has 0 spiro atoms. The first-order valence-electron chi connectivity index (χ1n) is 8.61. The standard InChI is InChI=1S/C17H26N6O/c1-6-14(16-10(2)21-22(5)11(16)3)18-17(24)13-7-8-15-20-19-12(4)23(15)9-13/h13-14H,6-9H2,1-5H3,(H,18,24)/t13-,14+/m0/s1. The lowest BCUT2D eigenvalue weighted by atomic mass is 9.96. The number of aromatic nitrogens is 5. The van der Waals surface area contributed by atoms with Gasteiger partial charge in [0.15, 0.2) is 0 Å². The minimum Gasteiger partial charge on any atom is -0.349 e. The van der Waals surface area contributed by atoms with E-state index in [2.05, 4.69) is 39.0 Å². The number of carbonyl (C=O) groups is 1. The van der Waals surface area contributed by atoms with E-state index < -0.39 is 0 Å². The first-order chi connectivity index (χ1) is 11.4. The molecule has 7 nitrogen and oxygen atoms in total. The van der Waals surface area contributed by atoms with Crippen molar-refractivity contribution in [3.05, 3.63) is 28.6 Å². The maximum atomic E-state index is 12.8. The fourth-order valence-electron chi connectivity index (χ4n) is 3.64. The molecule has 3 heterocycles. The van der Waals surface area contributed by atoms with Gasteiger partial charge in [-0.25, -0.2) is 0 Å². The highest BCUT2D eigenvalue weighted by Gasteiger charge is 2.29. The monoisotopic (exact) mass is 330 g/mol. The molecule has 0 unspecified atom stereocenters. The molecule has 130 valence electrons. The number of fused-ring (bicyclic) bond motifs is 1. The van der Waals surface area contributed by atoms with Gasteiger partial charge in [-0.2, -0.15) is 5.10 Å². The van der Waals surface area contributed by atoms with E-state index in [9.17, 15) is 4.79 Å². The number of aryl methyl sites for hydroxylation is 4. The summed E-state index contributed by atoms with van der Waals surface area (Å²) in [4.78, 5) is 12.8. The van der Waals surface area contributed by atoms with Gasteiger partial charge in [-0.15, -0.1) is 10.2 Å². The molecule has 1 aliphatic rings. The zero-order chi connectivity index (χ0) is 17.4. The van der Waals surface area contributed by atoms with Crippen LogP contribution in [0.3, 0.4) is 0 Å². The molecule has 7 heteroatoms. The Kier molecular flexibility index (Phi) is 4.43. The van der Waals surface area contributed by atoms with Crippen LogP contribution < -0.4 is 5.32 Å². The predicted octanol–water partition coefficient (Wildman–Crippen LogP) is 1.77. The van der Waals surface area contributed by atoms with Gasteiger partial charge in [-0.05, 0) is 33.6 Å². The Labute approximate surface area is 142 Å². The van der Waals surface area contributed by atoms with Crippen LogP contribution in [-0.4, -0.2) is 30.5 Å². The van der Waals surface area contributed by atoms with Gasteiger partial charge in [0.25, 0.3) is 0 Å². The Bertz CT molecular complexity index is 759. The van der Waals surface area contributed by atoms with E-state index in [1.165, 1.54) is 0 Å². The molecule has 2 aromatic heterocycles. The van der Waals surface area contributed by atoms with Crippen LogP contribution in [0.4, 0.5) is 0 Å². The molecule has 2 atom stereocenters. The molecule has 3 rings (SSSR count). The molecule has 0 aromatic carbocycles. The molecule has 1 aliphatic heterocycles. The SMILES string of the molecule is CC[C@@H](NC(=O)[C@H]1CCc2nnc(C)n2C1)c1c(C)nn(C)c1C. The van der Waals surface area contributed by atoms with Gasteiger partial charge in [0, 0.05) is 31.3 Å². The van der Waals surface area contributed by atoms with Crippen LogP contribution in [0.1, 0.15) is 54.4 Å². The van der Waals surface area contributed by atoms with Crippen molar-refractivity contribution in [1.82, 2.24) is 29.9 Å². The smallest absolute Gasteiger partial charge is 0.225 e. The van der Waals surface area contributed by atoms with Crippen molar-refractivity contribution in [2.75, 3.05) is 0 Å². The van der Waals surface area contributed by atoms with Crippen molar-refractivity contribution in [2.24, 2.45) is 13.0 Å². The average Bonchev–Trinajstić information content (AvgIpc) is 3.05. The highest BCUT2D eigenvalue weighted by Crippen LogP contribution is 2.26. The lowest BCUT2D eigenvalue weighted by molar-refractivity contribution is -0.126. The Balaban J connectivity index is 1.75. The van der Waals surface area contributed by atoms with Crippen molar-refractivity contribution in [1.29, 1.82) is 0 Å². The van der Waals surface area contributed by atoms with Crippen molar-refractivity contribution < 1.29 is 4.79 Å². The second-order valence-electron chi connectivity index (χ2n) is 6.69. The minimum atomic E-state index is -0.0291. The van der Waals surface area contributed by atoms with Crippen LogP contribution in [0.15, 0.2) is 0 Å². The maximum Gasteiger partial charge on any atom is 0.225 e. The molecule has 1 N–H and O–H groups in total. The summed E-state index contributed by atoms with van der Waals surface area (Å²) in [6.07, 6.45) is 2.48. The molecule has 2 aromatic rings. The average molecular weight is 330 g/mol. The fraction of sp³-hybridized carbons (Fsp3) is 0.647. The Morgan fingerprint density at radius 2 is 2.08 bits per heavy atom. The molecular formula is C17H26N6O. The topological polar surface area (TPSA) is 77.6 Å². The van der Waals surface area contributed by atoms with Crippen molar-refractivity contribution in [3.63, 3.8) is 0 Å².